The van der Waals surface area contributed by atoms with Gasteiger partial charge in [-0.15, -0.1) is 11.3 Å². The maximum absolute atomic E-state index is 10.8. The molecule has 90 valence electrons. The predicted octanol–water partition coefficient (Wildman–Crippen LogP) is 3.50. The first-order valence-electron chi connectivity index (χ1n) is 5.00. The van der Waals surface area contributed by atoms with Gasteiger partial charge in [-0.25, -0.2) is 0 Å². The van der Waals surface area contributed by atoms with Crippen LogP contribution in [0.2, 0.25) is 5.02 Å². The minimum atomic E-state index is -0.848. The molecule has 1 N–H and O–H groups in total. The number of thiophene rings is 1. The van der Waals surface area contributed by atoms with E-state index in [4.69, 9.17) is 21.4 Å². The normalized spacial score (nSPS) is 10.8. The number of carbonyl (C=O) groups is 1. The minimum Gasteiger partial charge on any atom is -0.497 e. The Hall–Kier alpha value is -1.26. The highest BCUT2D eigenvalue weighted by Gasteiger charge is 2.15. The minimum absolute atomic E-state index is 0.00210. The Morgan fingerprint density at radius 2 is 2.24 bits per heavy atom. The Kier molecular flexibility index (Phi) is 3.26. The molecule has 0 aliphatic heterocycles. The lowest BCUT2D eigenvalue weighted by Gasteiger charge is -2.03. The molecule has 17 heavy (non-hydrogen) atoms. The summed E-state index contributed by atoms with van der Waals surface area (Å²) >= 11 is 7.71. The highest BCUT2D eigenvalue weighted by molar-refractivity contribution is 7.19. The van der Waals surface area contributed by atoms with E-state index in [-0.39, 0.29) is 6.42 Å². The number of ether oxygens (including phenoxy) is 1. The van der Waals surface area contributed by atoms with E-state index < -0.39 is 5.97 Å². The predicted molar refractivity (Wildman–Crippen MR) is 69.5 cm³/mol. The van der Waals surface area contributed by atoms with Gasteiger partial charge in [0.1, 0.15) is 5.75 Å². The summed E-state index contributed by atoms with van der Waals surface area (Å²) < 4.78 is 6.10. The Bertz CT molecular complexity index is 589. The second kappa shape index (κ2) is 4.55. The zero-order valence-electron chi connectivity index (χ0n) is 9.41. The second-order valence-corrected chi connectivity index (χ2v) is 5.35. The Labute approximate surface area is 108 Å². The van der Waals surface area contributed by atoms with E-state index in [9.17, 15) is 4.79 Å². The third kappa shape index (κ3) is 2.23. The van der Waals surface area contributed by atoms with Crippen LogP contribution in [0.1, 0.15) is 10.4 Å². The first kappa shape index (κ1) is 12.2. The third-order valence-electron chi connectivity index (χ3n) is 2.58. The van der Waals surface area contributed by atoms with Crippen LogP contribution in [0.4, 0.5) is 0 Å². The number of hydrogen-bond acceptors (Lipinski definition) is 3. The van der Waals surface area contributed by atoms with Crippen LogP contribution in [0.15, 0.2) is 12.1 Å². The van der Waals surface area contributed by atoms with E-state index in [0.717, 1.165) is 20.5 Å². The molecule has 0 fully saturated rings. The van der Waals surface area contributed by atoms with Crippen LogP contribution in [-0.4, -0.2) is 18.2 Å². The molecule has 0 aliphatic rings. The number of hydrogen-bond donors (Lipinski definition) is 1. The molecule has 0 bridgehead atoms. The van der Waals surface area contributed by atoms with Crippen molar-refractivity contribution in [2.24, 2.45) is 0 Å². The maximum Gasteiger partial charge on any atom is 0.307 e. The summed E-state index contributed by atoms with van der Waals surface area (Å²) in [5, 5.41) is 10.3. The monoisotopic (exact) mass is 270 g/mol. The molecule has 2 aromatic rings. The summed E-state index contributed by atoms with van der Waals surface area (Å²) in [5.41, 5.74) is 0.796. The van der Waals surface area contributed by atoms with Gasteiger partial charge in [0.25, 0.3) is 0 Å². The fourth-order valence-electron chi connectivity index (χ4n) is 1.82. The lowest BCUT2D eigenvalue weighted by molar-refractivity contribution is -0.136. The van der Waals surface area contributed by atoms with Crippen molar-refractivity contribution < 1.29 is 14.6 Å². The van der Waals surface area contributed by atoms with Crippen molar-refractivity contribution in [1.29, 1.82) is 0 Å². The molecule has 0 amide bonds. The van der Waals surface area contributed by atoms with Gasteiger partial charge in [-0.3, -0.25) is 4.79 Å². The van der Waals surface area contributed by atoms with Crippen LogP contribution in [0, 0.1) is 6.92 Å². The second-order valence-electron chi connectivity index (χ2n) is 3.69. The lowest BCUT2D eigenvalue weighted by atomic mass is 10.1. The first-order valence-corrected chi connectivity index (χ1v) is 6.19. The van der Waals surface area contributed by atoms with Crippen LogP contribution in [0.5, 0.6) is 5.75 Å². The molecule has 0 unspecified atom stereocenters. The molecule has 0 saturated heterocycles. The number of methoxy groups -OCH3 is 1. The SMILES string of the molecule is COc1cc(Cl)c2c(CC(=O)O)c(C)sc2c1. The van der Waals surface area contributed by atoms with Gasteiger partial charge in [0.2, 0.25) is 0 Å². The summed E-state index contributed by atoms with van der Waals surface area (Å²) in [6.45, 7) is 1.91. The van der Waals surface area contributed by atoms with Crippen molar-refractivity contribution in [3.05, 3.63) is 27.6 Å². The van der Waals surface area contributed by atoms with Gasteiger partial charge in [0, 0.05) is 15.0 Å². The molecule has 3 nitrogen and oxygen atoms in total. The number of carboxylic acid groups (broad SMARTS) is 1. The van der Waals surface area contributed by atoms with Gasteiger partial charge < -0.3 is 9.84 Å². The molecular weight excluding hydrogens is 260 g/mol. The summed E-state index contributed by atoms with van der Waals surface area (Å²) in [7, 11) is 1.58. The molecule has 1 aromatic heterocycles. The Morgan fingerprint density at radius 3 is 2.82 bits per heavy atom. The van der Waals surface area contributed by atoms with Gasteiger partial charge in [-0.05, 0) is 24.6 Å². The fraction of sp³-hybridized carbons (Fsp3) is 0.250. The number of carboxylic acids is 1. The van der Waals surface area contributed by atoms with Crippen LogP contribution in [-0.2, 0) is 11.2 Å². The van der Waals surface area contributed by atoms with Crippen LogP contribution in [0.3, 0.4) is 0 Å². The van der Waals surface area contributed by atoms with Crippen molar-refractivity contribution in [3.63, 3.8) is 0 Å². The summed E-state index contributed by atoms with van der Waals surface area (Å²) in [5.74, 6) is -0.162. The van der Waals surface area contributed by atoms with Gasteiger partial charge in [0.05, 0.1) is 18.6 Å². The van der Waals surface area contributed by atoms with Crippen molar-refractivity contribution in [2.75, 3.05) is 7.11 Å². The molecule has 2 rings (SSSR count). The molecule has 0 saturated carbocycles. The Morgan fingerprint density at radius 1 is 1.53 bits per heavy atom. The van der Waals surface area contributed by atoms with Gasteiger partial charge in [0.15, 0.2) is 0 Å². The van der Waals surface area contributed by atoms with Crippen molar-refractivity contribution in [2.45, 2.75) is 13.3 Å². The zero-order chi connectivity index (χ0) is 12.6. The molecule has 0 atom stereocenters. The average molecular weight is 271 g/mol. The smallest absolute Gasteiger partial charge is 0.307 e. The lowest BCUT2D eigenvalue weighted by Crippen LogP contribution is -2.00. The van der Waals surface area contributed by atoms with Gasteiger partial charge in [-0.1, -0.05) is 11.6 Å². The van der Waals surface area contributed by atoms with Gasteiger partial charge in [-0.2, -0.15) is 0 Å². The number of halogens is 1. The van der Waals surface area contributed by atoms with Gasteiger partial charge >= 0.3 is 5.97 Å². The topological polar surface area (TPSA) is 46.5 Å². The quantitative estimate of drug-likeness (QED) is 0.928. The van der Waals surface area contributed by atoms with E-state index in [1.54, 1.807) is 13.2 Å². The number of fused-ring (bicyclic) bond motifs is 1. The highest BCUT2D eigenvalue weighted by atomic mass is 35.5. The van der Waals surface area contributed by atoms with E-state index in [1.807, 2.05) is 13.0 Å². The molecule has 1 aromatic carbocycles. The summed E-state index contributed by atoms with van der Waals surface area (Å²) in [6.07, 6.45) is -0.00210. The Balaban J connectivity index is 2.69. The van der Waals surface area contributed by atoms with Crippen molar-refractivity contribution >= 4 is 39.0 Å². The van der Waals surface area contributed by atoms with Crippen LogP contribution in [0.25, 0.3) is 10.1 Å². The number of aliphatic carboxylic acids is 1. The molecule has 0 aliphatic carbocycles. The van der Waals surface area contributed by atoms with Crippen molar-refractivity contribution in [1.82, 2.24) is 0 Å². The molecule has 5 heteroatoms. The summed E-state index contributed by atoms with van der Waals surface area (Å²) in [6, 6.07) is 3.59. The average Bonchev–Trinajstić information content (AvgIpc) is 2.54. The van der Waals surface area contributed by atoms with Crippen molar-refractivity contribution in [3.8, 4) is 5.75 Å². The van der Waals surface area contributed by atoms with E-state index in [0.29, 0.717) is 10.8 Å². The standard InChI is InChI=1S/C12H11ClO3S/c1-6-8(5-11(14)15)12-9(13)3-7(16-2)4-10(12)17-6/h3-4H,5H2,1-2H3,(H,14,15). The highest BCUT2D eigenvalue weighted by Crippen LogP contribution is 2.38. The number of aryl methyl sites for hydroxylation is 1. The fourth-order valence-corrected chi connectivity index (χ4v) is 3.33. The van der Waals surface area contributed by atoms with E-state index in [2.05, 4.69) is 0 Å². The number of rotatable bonds is 3. The first-order chi connectivity index (χ1) is 8.02. The van der Waals surface area contributed by atoms with E-state index in [1.165, 1.54) is 11.3 Å². The molecule has 0 radical (unpaired) electrons. The van der Waals surface area contributed by atoms with Crippen LogP contribution >= 0.6 is 22.9 Å². The third-order valence-corrected chi connectivity index (χ3v) is 3.97. The largest absolute Gasteiger partial charge is 0.497 e. The zero-order valence-corrected chi connectivity index (χ0v) is 11.0. The molecule has 0 spiro atoms. The van der Waals surface area contributed by atoms with Crippen LogP contribution < -0.4 is 4.74 Å². The molecule has 1 heterocycles. The maximum atomic E-state index is 10.8. The summed E-state index contributed by atoms with van der Waals surface area (Å²) in [4.78, 5) is 11.8. The van der Waals surface area contributed by atoms with E-state index >= 15 is 0 Å². The molecular formula is C12H11ClO3S. The number of benzene rings is 1.